The molecule has 0 fully saturated rings. The minimum atomic E-state index is -4.55. The highest BCUT2D eigenvalue weighted by Crippen LogP contribution is 2.35. The van der Waals surface area contributed by atoms with Crippen LogP contribution >= 0.6 is 0 Å². The molecule has 1 aromatic rings. The molecule has 0 heterocycles. The minimum Gasteiger partial charge on any atom is -0.444 e. The Morgan fingerprint density at radius 1 is 1.30 bits per heavy atom. The van der Waals surface area contributed by atoms with Gasteiger partial charge in [0.2, 0.25) is 5.69 Å². The van der Waals surface area contributed by atoms with E-state index in [1.807, 2.05) is 0 Å². The zero-order valence-corrected chi connectivity index (χ0v) is 11.1. The molecule has 0 unspecified atom stereocenters. The Kier molecular flexibility index (Phi) is 4.28. The van der Waals surface area contributed by atoms with Crippen molar-refractivity contribution in [3.05, 3.63) is 35.2 Å². The number of halogens is 3. The number of rotatable bonds is 1. The lowest BCUT2D eigenvalue weighted by Gasteiger charge is -2.20. The first-order valence-electron chi connectivity index (χ1n) is 5.61. The van der Waals surface area contributed by atoms with E-state index >= 15 is 0 Å². The van der Waals surface area contributed by atoms with Crippen LogP contribution in [0.2, 0.25) is 0 Å². The topological polar surface area (TPSA) is 42.7 Å². The predicted octanol–water partition coefficient (Wildman–Crippen LogP) is 4.60. The van der Waals surface area contributed by atoms with Crippen molar-refractivity contribution in [2.75, 3.05) is 5.32 Å². The number of amides is 1. The van der Waals surface area contributed by atoms with E-state index < -0.39 is 23.4 Å². The molecule has 0 saturated carbocycles. The van der Waals surface area contributed by atoms with Crippen molar-refractivity contribution >= 4 is 17.5 Å². The Hall–Kier alpha value is -2.23. The van der Waals surface area contributed by atoms with Crippen molar-refractivity contribution in [1.82, 2.24) is 0 Å². The van der Waals surface area contributed by atoms with E-state index in [9.17, 15) is 18.0 Å². The number of benzene rings is 1. The molecule has 108 valence electrons. The van der Waals surface area contributed by atoms with Gasteiger partial charge in [0.25, 0.3) is 0 Å². The highest BCUT2D eigenvalue weighted by Gasteiger charge is 2.31. The summed E-state index contributed by atoms with van der Waals surface area (Å²) < 4.78 is 42.7. The third-order valence-electron chi connectivity index (χ3n) is 2.08. The molecule has 0 aromatic heterocycles. The van der Waals surface area contributed by atoms with Gasteiger partial charge >= 0.3 is 12.3 Å². The number of carbonyl (C=O) groups is 1. The molecule has 1 rings (SSSR count). The second kappa shape index (κ2) is 5.41. The van der Waals surface area contributed by atoms with Gasteiger partial charge in [-0.05, 0) is 26.8 Å². The number of hydrogen-bond acceptors (Lipinski definition) is 2. The summed E-state index contributed by atoms with van der Waals surface area (Å²) in [6.07, 6.45) is -5.47. The third kappa shape index (κ3) is 4.46. The van der Waals surface area contributed by atoms with Gasteiger partial charge in [0, 0.05) is 0 Å². The van der Waals surface area contributed by atoms with Gasteiger partial charge in [0.1, 0.15) is 5.60 Å². The zero-order chi connectivity index (χ0) is 15.6. The first-order valence-corrected chi connectivity index (χ1v) is 5.61. The van der Waals surface area contributed by atoms with Crippen molar-refractivity contribution in [2.24, 2.45) is 0 Å². The van der Waals surface area contributed by atoms with Crippen LogP contribution in [0.3, 0.4) is 0 Å². The smallest absolute Gasteiger partial charge is 0.416 e. The van der Waals surface area contributed by atoms with Gasteiger partial charge in [0.15, 0.2) is 0 Å². The van der Waals surface area contributed by atoms with Crippen molar-refractivity contribution < 1.29 is 22.7 Å². The van der Waals surface area contributed by atoms with Gasteiger partial charge in [-0.3, -0.25) is 0 Å². The van der Waals surface area contributed by atoms with Crippen LogP contribution < -0.4 is 5.32 Å². The fraction of sp³-hybridized carbons (Fsp3) is 0.385. The predicted molar refractivity (Wildman–Crippen MR) is 67.6 cm³/mol. The minimum absolute atomic E-state index is 0.0936. The average Bonchev–Trinajstić information content (AvgIpc) is 2.24. The van der Waals surface area contributed by atoms with Crippen molar-refractivity contribution in [3.63, 3.8) is 0 Å². The number of alkyl halides is 3. The number of carbonyl (C=O) groups excluding carboxylic acids is 1. The lowest BCUT2D eigenvalue weighted by molar-refractivity contribution is -0.137. The van der Waals surface area contributed by atoms with Crippen LogP contribution in [0.15, 0.2) is 18.2 Å². The maximum atomic E-state index is 12.6. The third-order valence-corrected chi connectivity index (χ3v) is 2.08. The van der Waals surface area contributed by atoms with E-state index in [-0.39, 0.29) is 11.4 Å². The molecule has 0 radical (unpaired) electrons. The van der Waals surface area contributed by atoms with E-state index in [0.29, 0.717) is 6.07 Å². The molecule has 0 saturated heterocycles. The molecule has 20 heavy (non-hydrogen) atoms. The van der Waals surface area contributed by atoms with E-state index in [1.165, 1.54) is 0 Å². The van der Waals surface area contributed by atoms with Gasteiger partial charge in [-0.15, -0.1) is 0 Å². The summed E-state index contributed by atoms with van der Waals surface area (Å²) in [6.45, 7) is 11.7. The standard InChI is InChI=1S/C13H13F3N2O2/c1-12(2,3)20-11(19)18-10-7-8(13(14,15)16)5-6-9(10)17-4/h5-7H,1-3H3,(H,18,19). The average molecular weight is 286 g/mol. The maximum Gasteiger partial charge on any atom is 0.416 e. The van der Waals surface area contributed by atoms with Crippen LogP contribution in [0.4, 0.5) is 29.3 Å². The van der Waals surface area contributed by atoms with E-state index in [1.54, 1.807) is 20.8 Å². The van der Waals surface area contributed by atoms with Gasteiger partial charge in [0.05, 0.1) is 17.8 Å². The summed E-state index contributed by atoms with van der Waals surface area (Å²) in [5.41, 5.74) is -2.06. The second-order valence-electron chi connectivity index (χ2n) is 4.97. The van der Waals surface area contributed by atoms with Crippen LogP contribution in [0, 0.1) is 6.57 Å². The molecule has 1 amide bonds. The molecule has 0 spiro atoms. The Morgan fingerprint density at radius 3 is 2.35 bits per heavy atom. The van der Waals surface area contributed by atoms with Crippen molar-refractivity contribution in [3.8, 4) is 0 Å². The molecule has 4 nitrogen and oxygen atoms in total. The van der Waals surface area contributed by atoms with Crippen LogP contribution in [-0.2, 0) is 10.9 Å². The van der Waals surface area contributed by atoms with E-state index in [0.717, 1.165) is 12.1 Å². The Balaban J connectivity index is 3.04. The molecule has 1 N–H and O–H groups in total. The number of anilines is 1. The molecule has 0 bridgehead atoms. The maximum absolute atomic E-state index is 12.6. The monoisotopic (exact) mass is 286 g/mol. The summed E-state index contributed by atoms with van der Waals surface area (Å²) in [5.74, 6) is 0. The number of ether oxygens (including phenoxy) is 1. The fourth-order valence-corrected chi connectivity index (χ4v) is 1.32. The summed E-state index contributed by atoms with van der Waals surface area (Å²) in [4.78, 5) is 14.6. The van der Waals surface area contributed by atoms with Gasteiger partial charge in [-0.1, -0.05) is 12.1 Å². The molecule has 0 aliphatic carbocycles. The van der Waals surface area contributed by atoms with Crippen LogP contribution in [0.25, 0.3) is 4.85 Å². The quantitative estimate of drug-likeness (QED) is 0.766. The number of hydrogen-bond donors (Lipinski definition) is 1. The lowest BCUT2D eigenvalue weighted by atomic mass is 10.1. The SMILES string of the molecule is [C-]#[N+]c1ccc(C(F)(F)F)cc1NC(=O)OC(C)(C)C. The fourth-order valence-electron chi connectivity index (χ4n) is 1.32. The van der Waals surface area contributed by atoms with Gasteiger partial charge < -0.3 is 10.1 Å². The number of nitrogens with one attached hydrogen (secondary N) is 1. The molecular formula is C13H13F3N2O2. The van der Waals surface area contributed by atoms with Crippen LogP contribution in [0.5, 0.6) is 0 Å². The lowest BCUT2D eigenvalue weighted by Crippen LogP contribution is -2.27. The first kappa shape index (κ1) is 15.8. The van der Waals surface area contributed by atoms with Gasteiger partial charge in [-0.25, -0.2) is 9.64 Å². The Bertz CT molecular complexity index is 554. The van der Waals surface area contributed by atoms with Crippen LogP contribution in [-0.4, -0.2) is 11.7 Å². The van der Waals surface area contributed by atoms with Crippen LogP contribution in [0.1, 0.15) is 26.3 Å². The highest BCUT2D eigenvalue weighted by atomic mass is 19.4. The molecule has 0 atom stereocenters. The first-order chi connectivity index (χ1) is 9.03. The summed E-state index contributed by atoms with van der Waals surface area (Å²) in [6, 6.07) is 2.49. The molecule has 0 aliphatic rings. The van der Waals surface area contributed by atoms with E-state index in [4.69, 9.17) is 11.3 Å². The largest absolute Gasteiger partial charge is 0.444 e. The normalized spacial score (nSPS) is 11.7. The molecule has 1 aromatic carbocycles. The Morgan fingerprint density at radius 2 is 1.90 bits per heavy atom. The second-order valence-corrected chi connectivity index (χ2v) is 4.97. The molecule has 7 heteroatoms. The van der Waals surface area contributed by atoms with Crippen molar-refractivity contribution in [2.45, 2.75) is 32.5 Å². The zero-order valence-electron chi connectivity index (χ0n) is 11.1. The summed E-state index contributed by atoms with van der Waals surface area (Å²) >= 11 is 0. The Labute approximate surface area is 114 Å². The van der Waals surface area contributed by atoms with Gasteiger partial charge in [-0.2, -0.15) is 13.2 Å². The summed E-state index contributed by atoms with van der Waals surface area (Å²) in [5, 5.41) is 2.16. The molecule has 0 aliphatic heterocycles. The number of nitrogens with zero attached hydrogens (tertiary/aromatic N) is 1. The molecular weight excluding hydrogens is 273 g/mol. The highest BCUT2D eigenvalue weighted by molar-refractivity contribution is 5.90. The van der Waals surface area contributed by atoms with Crippen molar-refractivity contribution in [1.29, 1.82) is 0 Å². The van der Waals surface area contributed by atoms with E-state index in [2.05, 4.69) is 10.2 Å². The summed E-state index contributed by atoms with van der Waals surface area (Å²) in [7, 11) is 0.